The predicted molar refractivity (Wildman–Crippen MR) is 70.0 cm³/mol. The molecule has 5 heteroatoms. The van der Waals surface area contributed by atoms with Crippen LogP contribution in [-0.2, 0) is 4.74 Å². The van der Waals surface area contributed by atoms with Crippen LogP contribution in [0.3, 0.4) is 0 Å². The fourth-order valence-electron chi connectivity index (χ4n) is 2.14. The Kier molecular flexibility index (Phi) is 4.75. The smallest absolute Gasteiger partial charge is 0.228 e. The van der Waals surface area contributed by atoms with Crippen molar-refractivity contribution in [3.8, 4) is 5.88 Å². The Morgan fingerprint density at radius 2 is 2.39 bits per heavy atom. The van der Waals surface area contributed by atoms with E-state index in [0.717, 1.165) is 45.1 Å². The van der Waals surface area contributed by atoms with Crippen LogP contribution in [0.4, 0.5) is 5.95 Å². The molecule has 0 amide bonds. The van der Waals surface area contributed by atoms with E-state index >= 15 is 0 Å². The summed E-state index contributed by atoms with van der Waals surface area (Å²) < 4.78 is 10.7. The van der Waals surface area contributed by atoms with Crippen LogP contribution in [0.25, 0.3) is 0 Å². The topological polar surface area (TPSA) is 47.5 Å². The zero-order valence-electron chi connectivity index (χ0n) is 11.1. The summed E-state index contributed by atoms with van der Waals surface area (Å²) in [5.74, 6) is 1.96. The molecule has 1 saturated heterocycles. The Labute approximate surface area is 108 Å². The summed E-state index contributed by atoms with van der Waals surface area (Å²) in [4.78, 5) is 10.8. The van der Waals surface area contributed by atoms with Crippen molar-refractivity contribution >= 4 is 5.95 Å². The van der Waals surface area contributed by atoms with Gasteiger partial charge in [-0.3, -0.25) is 0 Å². The molecule has 1 fully saturated rings. The lowest BCUT2D eigenvalue weighted by Crippen LogP contribution is -2.23. The van der Waals surface area contributed by atoms with E-state index in [4.69, 9.17) is 9.47 Å². The van der Waals surface area contributed by atoms with Crippen LogP contribution < -0.4 is 9.64 Å². The molecule has 100 valence electrons. The number of hydrogen-bond acceptors (Lipinski definition) is 5. The molecule has 0 N–H and O–H groups in total. The highest BCUT2D eigenvalue weighted by atomic mass is 16.5. The molecule has 0 bridgehead atoms. The highest BCUT2D eigenvalue weighted by molar-refractivity contribution is 5.33. The largest absolute Gasteiger partial charge is 0.481 e. The standard InChI is InChI=1S/C13H21N3O2/c1-3-8-18-10-11-5-7-16(9-11)13-14-6-4-12(15-13)17-2/h4,6,11H,3,5,7-10H2,1-2H3/t11-/m0/s1. The summed E-state index contributed by atoms with van der Waals surface area (Å²) in [6, 6.07) is 1.77. The predicted octanol–water partition coefficient (Wildman–Crippen LogP) is 1.74. The van der Waals surface area contributed by atoms with E-state index in [1.165, 1.54) is 0 Å². The van der Waals surface area contributed by atoms with E-state index in [2.05, 4.69) is 21.8 Å². The minimum atomic E-state index is 0.589. The molecular weight excluding hydrogens is 230 g/mol. The van der Waals surface area contributed by atoms with Crippen LogP contribution in [0, 0.1) is 5.92 Å². The van der Waals surface area contributed by atoms with Crippen molar-refractivity contribution in [1.29, 1.82) is 0 Å². The molecule has 0 aromatic carbocycles. The van der Waals surface area contributed by atoms with Gasteiger partial charge in [0.2, 0.25) is 11.8 Å². The fraction of sp³-hybridized carbons (Fsp3) is 0.692. The van der Waals surface area contributed by atoms with Crippen molar-refractivity contribution in [1.82, 2.24) is 9.97 Å². The summed E-state index contributed by atoms with van der Waals surface area (Å²) in [6.07, 6.45) is 3.96. The van der Waals surface area contributed by atoms with Gasteiger partial charge in [-0.25, -0.2) is 4.98 Å². The number of methoxy groups -OCH3 is 1. The summed E-state index contributed by atoms with van der Waals surface area (Å²) in [6.45, 7) is 5.79. The van der Waals surface area contributed by atoms with Crippen LogP contribution >= 0.6 is 0 Å². The lowest BCUT2D eigenvalue weighted by Gasteiger charge is -2.16. The SMILES string of the molecule is CCCOC[C@H]1CCN(c2nccc(OC)n2)C1. The number of ether oxygens (including phenoxy) is 2. The van der Waals surface area contributed by atoms with Crippen molar-refractivity contribution in [2.45, 2.75) is 19.8 Å². The molecule has 0 radical (unpaired) electrons. The number of nitrogens with zero attached hydrogens (tertiary/aromatic N) is 3. The first-order chi connectivity index (χ1) is 8.83. The molecule has 0 spiro atoms. The molecule has 2 rings (SSSR count). The average molecular weight is 251 g/mol. The Hall–Kier alpha value is -1.36. The fourth-order valence-corrected chi connectivity index (χ4v) is 2.14. The van der Waals surface area contributed by atoms with Gasteiger partial charge in [0.05, 0.1) is 13.7 Å². The van der Waals surface area contributed by atoms with Gasteiger partial charge in [-0.05, 0) is 12.8 Å². The maximum Gasteiger partial charge on any atom is 0.228 e. The highest BCUT2D eigenvalue weighted by Crippen LogP contribution is 2.22. The minimum absolute atomic E-state index is 0.589. The van der Waals surface area contributed by atoms with Gasteiger partial charge in [0.1, 0.15) is 0 Å². The third kappa shape index (κ3) is 3.32. The van der Waals surface area contributed by atoms with E-state index in [1.54, 1.807) is 19.4 Å². The molecule has 18 heavy (non-hydrogen) atoms. The van der Waals surface area contributed by atoms with Crippen LogP contribution in [-0.4, -0.2) is 43.4 Å². The lowest BCUT2D eigenvalue weighted by molar-refractivity contribution is 0.106. The first-order valence-electron chi connectivity index (χ1n) is 6.53. The number of aromatic nitrogens is 2. The van der Waals surface area contributed by atoms with E-state index in [0.29, 0.717) is 11.8 Å². The van der Waals surface area contributed by atoms with Gasteiger partial charge < -0.3 is 14.4 Å². The molecule has 1 atom stereocenters. The van der Waals surface area contributed by atoms with Gasteiger partial charge in [0, 0.05) is 37.9 Å². The highest BCUT2D eigenvalue weighted by Gasteiger charge is 2.24. The van der Waals surface area contributed by atoms with E-state index < -0.39 is 0 Å². The molecular formula is C13H21N3O2. The molecule has 0 aliphatic carbocycles. The van der Waals surface area contributed by atoms with Crippen LogP contribution in [0.5, 0.6) is 5.88 Å². The molecule has 1 aromatic rings. The second-order valence-electron chi connectivity index (χ2n) is 4.57. The maximum absolute atomic E-state index is 5.60. The third-order valence-corrected chi connectivity index (χ3v) is 3.10. The zero-order valence-corrected chi connectivity index (χ0v) is 11.1. The Balaban J connectivity index is 1.87. The number of hydrogen-bond donors (Lipinski definition) is 0. The molecule has 1 aliphatic rings. The molecule has 0 unspecified atom stereocenters. The summed E-state index contributed by atoms with van der Waals surface area (Å²) in [7, 11) is 1.62. The first kappa shape index (κ1) is 13.1. The van der Waals surface area contributed by atoms with Gasteiger partial charge in [0.15, 0.2) is 0 Å². The summed E-state index contributed by atoms with van der Waals surface area (Å²) >= 11 is 0. The van der Waals surface area contributed by atoms with Crippen LogP contribution in [0.2, 0.25) is 0 Å². The van der Waals surface area contributed by atoms with Crippen LogP contribution in [0.1, 0.15) is 19.8 Å². The third-order valence-electron chi connectivity index (χ3n) is 3.10. The van der Waals surface area contributed by atoms with Crippen molar-refractivity contribution in [2.75, 3.05) is 38.3 Å². The zero-order chi connectivity index (χ0) is 12.8. The van der Waals surface area contributed by atoms with Gasteiger partial charge in [-0.15, -0.1) is 0 Å². The van der Waals surface area contributed by atoms with Gasteiger partial charge >= 0.3 is 0 Å². The molecule has 1 aromatic heterocycles. The van der Waals surface area contributed by atoms with E-state index in [9.17, 15) is 0 Å². The lowest BCUT2D eigenvalue weighted by atomic mass is 10.1. The minimum Gasteiger partial charge on any atom is -0.481 e. The quantitative estimate of drug-likeness (QED) is 0.721. The Bertz CT molecular complexity index is 373. The molecule has 5 nitrogen and oxygen atoms in total. The summed E-state index contributed by atoms with van der Waals surface area (Å²) in [5, 5.41) is 0. The molecule has 1 aliphatic heterocycles. The Morgan fingerprint density at radius 3 is 3.17 bits per heavy atom. The number of rotatable bonds is 6. The van der Waals surface area contributed by atoms with Gasteiger partial charge in [-0.1, -0.05) is 6.92 Å². The second kappa shape index (κ2) is 6.54. The average Bonchev–Trinajstić information content (AvgIpc) is 2.88. The van der Waals surface area contributed by atoms with Crippen molar-refractivity contribution in [3.63, 3.8) is 0 Å². The Morgan fingerprint density at radius 1 is 1.50 bits per heavy atom. The monoisotopic (exact) mass is 251 g/mol. The van der Waals surface area contributed by atoms with Gasteiger partial charge in [0.25, 0.3) is 0 Å². The normalized spacial score (nSPS) is 19.2. The van der Waals surface area contributed by atoms with Crippen LogP contribution in [0.15, 0.2) is 12.3 Å². The van der Waals surface area contributed by atoms with E-state index in [1.807, 2.05) is 0 Å². The first-order valence-corrected chi connectivity index (χ1v) is 6.53. The van der Waals surface area contributed by atoms with E-state index in [-0.39, 0.29) is 0 Å². The number of anilines is 1. The summed E-state index contributed by atoms with van der Waals surface area (Å²) in [5.41, 5.74) is 0. The molecule has 0 saturated carbocycles. The van der Waals surface area contributed by atoms with Crippen molar-refractivity contribution in [2.24, 2.45) is 5.92 Å². The molecule has 2 heterocycles. The van der Waals surface area contributed by atoms with Gasteiger partial charge in [-0.2, -0.15) is 4.98 Å². The van der Waals surface area contributed by atoms with Crippen molar-refractivity contribution in [3.05, 3.63) is 12.3 Å². The maximum atomic E-state index is 5.60. The van der Waals surface area contributed by atoms with Crippen molar-refractivity contribution < 1.29 is 9.47 Å². The second-order valence-corrected chi connectivity index (χ2v) is 4.57.